The summed E-state index contributed by atoms with van der Waals surface area (Å²) in [5, 5.41) is 0. The molecule has 2 heterocycles. The molecule has 2 aromatic heterocycles. The van der Waals surface area contributed by atoms with Crippen molar-refractivity contribution in [3.8, 4) is 6.01 Å². The van der Waals surface area contributed by atoms with Crippen molar-refractivity contribution in [1.82, 2.24) is 15.0 Å². The van der Waals surface area contributed by atoms with Crippen molar-refractivity contribution in [2.45, 2.75) is 26.8 Å². The summed E-state index contributed by atoms with van der Waals surface area (Å²) in [6.07, 6.45) is 2.54. The van der Waals surface area contributed by atoms with Gasteiger partial charge in [0.2, 0.25) is 11.9 Å². The highest BCUT2D eigenvalue weighted by Crippen LogP contribution is 2.17. The van der Waals surface area contributed by atoms with Crippen LogP contribution in [0.25, 0.3) is 0 Å². The highest BCUT2D eigenvalue weighted by Gasteiger charge is 2.12. The summed E-state index contributed by atoms with van der Waals surface area (Å²) in [6.45, 7) is 5.10. The Morgan fingerprint density at radius 3 is 2.80 bits per heavy atom. The lowest BCUT2D eigenvalue weighted by atomic mass is 10.2. The van der Waals surface area contributed by atoms with Crippen LogP contribution in [0, 0.1) is 6.92 Å². The third kappa shape index (κ3) is 3.37. The van der Waals surface area contributed by atoms with E-state index >= 15 is 0 Å². The number of furan rings is 1. The number of nitrogens with zero attached hydrogens (tertiary/aromatic N) is 4. The lowest BCUT2D eigenvalue weighted by Gasteiger charge is -2.17. The molecule has 0 saturated heterocycles. The van der Waals surface area contributed by atoms with Crippen molar-refractivity contribution in [3.05, 3.63) is 23.7 Å². The van der Waals surface area contributed by atoms with Gasteiger partial charge in [-0.1, -0.05) is 6.92 Å². The first-order valence-electron chi connectivity index (χ1n) is 6.48. The standard InChI is InChI=1S/C13H19N5O2/c1-4-6-20-13-16-11(14)15-12(17-13)18(3)8-10-5-7-19-9(10)2/h5,7H,4,6,8H2,1-3H3,(H2,14,15,16,17). The fourth-order valence-corrected chi connectivity index (χ4v) is 1.69. The quantitative estimate of drug-likeness (QED) is 0.860. The molecule has 0 bridgehead atoms. The maximum absolute atomic E-state index is 5.68. The summed E-state index contributed by atoms with van der Waals surface area (Å²) < 4.78 is 10.7. The average molecular weight is 277 g/mol. The molecule has 0 saturated carbocycles. The van der Waals surface area contributed by atoms with Crippen LogP contribution >= 0.6 is 0 Å². The third-order valence-corrected chi connectivity index (χ3v) is 2.77. The zero-order chi connectivity index (χ0) is 14.5. The van der Waals surface area contributed by atoms with E-state index in [0.717, 1.165) is 17.7 Å². The van der Waals surface area contributed by atoms with Gasteiger partial charge in [0.15, 0.2) is 0 Å². The smallest absolute Gasteiger partial charge is 0.323 e. The largest absolute Gasteiger partial charge is 0.469 e. The number of aryl methyl sites for hydroxylation is 1. The number of anilines is 2. The van der Waals surface area contributed by atoms with Crippen LogP contribution in [0.3, 0.4) is 0 Å². The summed E-state index contributed by atoms with van der Waals surface area (Å²) >= 11 is 0. The molecule has 0 unspecified atom stereocenters. The normalized spacial score (nSPS) is 10.6. The van der Waals surface area contributed by atoms with Gasteiger partial charge in [-0.05, 0) is 19.4 Å². The molecule has 0 spiro atoms. The first-order valence-corrected chi connectivity index (χ1v) is 6.48. The van der Waals surface area contributed by atoms with Gasteiger partial charge >= 0.3 is 6.01 Å². The SMILES string of the molecule is CCCOc1nc(N)nc(N(C)Cc2ccoc2C)n1. The summed E-state index contributed by atoms with van der Waals surface area (Å²) in [5.74, 6) is 1.50. The maximum Gasteiger partial charge on any atom is 0.323 e. The summed E-state index contributed by atoms with van der Waals surface area (Å²) in [7, 11) is 1.88. The lowest BCUT2D eigenvalue weighted by Crippen LogP contribution is -2.20. The Kier molecular flexibility index (Phi) is 4.39. The van der Waals surface area contributed by atoms with Crippen molar-refractivity contribution >= 4 is 11.9 Å². The van der Waals surface area contributed by atoms with Gasteiger partial charge in [0.25, 0.3) is 0 Å². The number of ether oxygens (including phenoxy) is 1. The highest BCUT2D eigenvalue weighted by molar-refractivity contribution is 5.36. The number of hydrogen-bond acceptors (Lipinski definition) is 7. The molecule has 0 radical (unpaired) electrons. The van der Waals surface area contributed by atoms with Crippen LogP contribution in [0.4, 0.5) is 11.9 Å². The second-order valence-corrected chi connectivity index (χ2v) is 4.48. The molecule has 7 nitrogen and oxygen atoms in total. The maximum atomic E-state index is 5.68. The number of rotatable bonds is 6. The number of nitrogen functional groups attached to an aromatic ring is 1. The van der Waals surface area contributed by atoms with Crippen LogP contribution < -0.4 is 15.4 Å². The average Bonchev–Trinajstić information content (AvgIpc) is 2.81. The number of nitrogens with two attached hydrogens (primary N) is 1. The second kappa shape index (κ2) is 6.23. The first-order chi connectivity index (χ1) is 9.60. The molecule has 0 aliphatic rings. The second-order valence-electron chi connectivity index (χ2n) is 4.48. The van der Waals surface area contributed by atoms with Gasteiger partial charge in [-0.15, -0.1) is 0 Å². The lowest BCUT2D eigenvalue weighted by molar-refractivity contribution is 0.292. The minimum atomic E-state index is 0.150. The molecule has 0 aliphatic carbocycles. The van der Waals surface area contributed by atoms with Gasteiger partial charge in [0.1, 0.15) is 5.76 Å². The zero-order valence-corrected chi connectivity index (χ0v) is 12.0. The van der Waals surface area contributed by atoms with Crippen LogP contribution in [-0.2, 0) is 6.54 Å². The molecule has 0 aromatic carbocycles. The van der Waals surface area contributed by atoms with E-state index in [2.05, 4.69) is 15.0 Å². The van der Waals surface area contributed by atoms with Crippen molar-refractivity contribution in [2.24, 2.45) is 0 Å². The minimum Gasteiger partial charge on any atom is -0.469 e. The third-order valence-electron chi connectivity index (χ3n) is 2.77. The molecule has 2 aromatic rings. The van der Waals surface area contributed by atoms with Crippen molar-refractivity contribution in [2.75, 3.05) is 24.3 Å². The highest BCUT2D eigenvalue weighted by atomic mass is 16.5. The van der Waals surface area contributed by atoms with Crippen LogP contribution in [0.5, 0.6) is 6.01 Å². The summed E-state index contributed by atoms with van der Waals surface area (Å²) in [5.41, 5.74) is 6.76. The molecule has 0 aliphatic heterocycles. The van der Waals surface area contributed by atoms with E-state index < -0.39 is 0 Å². The molecular weight excluding hydrogens is 258 g/mol. The zero-order valence-electron chi connectivity index (χ0n) is 12.0. The summed E-state index contributed by atoms with van der Waals surface area (Å²) in [4.78, 5) is 14.2. The van der Waals surface area contributed by atoms with Crippen LogP contribution in [0.15, 0.2) is 16.7 Å². The van der Waals surface area contributed by atoms with E-state index in [1.54, 1.807) is 6.26 Å². The monoisotopic (exact) mass is 277 g/mol. The molecule has 2 N–H and O–H groups in total. The molecule has 0 amide bonds. The van der Waals surface area contributed by atoms with Gasteiger partial charge in [-0.3, -0.25) is 0 Å². The molecule has 0 fully saturated rings. The van der Waals surface area contributed by atoms with Gasteiger partial charge in [0.05, 0.1) is 12.9 Å². The Labute approximate surface area is 117 Å². The van der Waals surface area contributed by atoms with Crippen molar-refractivity contribution < 1.29 is 9.15 Å². The summed E-state index contributed by atoms with van der Waals surface area (Å²) in [6, 6.07) is 2.18. The van der Waals surface area contributed by atoms with E-state index in [1.165, 1.54) is 0 Å². The molecule has 0 atom stereocenters. The topological polar surface area (TPSA) is 90.3 Å². The number of aromatic nitrogens is 3. The Bertz CT molecular complexity index is 570. The van der Waals surface area contributed by atoms with Gasteiger partial charge in [0, 0.05) is 19.2 Å². The molecule has 7 heteroatoms. The van der Waals surface area contributed by atoms with Crippen LogP contribution in [0.1, 0.15) is 24.7 Å². The van der Waals surface area contributed by atoms with Gasteiger partial charge in [-0.2, -0.15) is 15.0 Å². The van der Waals surface area contributed by atoms with Gasteiger partial charge in [-0.25, -0.2) is 0 Å². The predicted molar refractivity (Wildman–Crippen MR) is 75.6 cm³/mol. The van der Waals surface area contributed by atoms with E-state index in [0.29, 0.717) is 19.1 Å². The Morgan fingerprint density at radius 2 is 2.15 bits per heavy atom. The molecule has 2 rings (SSSR count). The van der Waals surface area contributed by atoms with Crippen LogP contribution in [0.2, 0.25) is 0 Å². The number of hydrogen-bond donors (Lipinski definition) is 1. The fraction of sp³-hybridized carbons (Fsp3) is 0.462. The Hall–Kier alpha value is -2.31. The fourth-order valence-electron chi connectivity index (χ4n) is 1.69. The van der Waals surface area contributed by atoms with E-state index in [4.69, 9.17) is 14.9 Å². The van der Waals surface area contributed by atoms with E-state index in [-0.39, 0.29) is 12.0 Å². The van der Waals surface area contributed by atoms with E-state index in [9.17, 15) is 0 Å². The van der Waals surface area contributed by atoms with Gasteiger partial charge < -0.3 is 19.8 Å². The predicted octanol–water partition coefficient (Wildman–Crippen LogP) is 1.78. The van der Waals surface area contributed by atoms with Crippen molar-refractivity contribution in [1.29, 1.82) is 0 Å². The molecule has 108 valence electrons. The van der Waals surface area contributed by atoms with Crippen molar-refractivity contribution in [3.63, 3.8) is 0 Å². The Morgan fingerprint density at radius 1 is 1.35 bits per heavy atom. The molecular formula is C13H19N5O2. The molecule has 20 heavy (non-hydrogen) atoms. The first kappa shape index (κ1) is 14.1. The minimum absolute atomic E-state index is 0.150. The van der Waals surface area contributed by atoms with Crippen LogP contribution in [-0.4, -0.2) is 28.6 Å². The van der Waals surface area contributed by atoms with E-state index in [1.807, 2.05) is 31.9 Å². The Balaban J connectivity index is 2.14.